The first-order chi connectivity index (χ1) is 8.87. The van der Waals surface area contributed by atoms with Crippen molar-refractivity contribution in [3.05, 3.63) is 42.2 Å². The van der Waals surface area contributed by atoms with Gasteiger partial charge < -0.3 is 5.11 Å². The zero-order valence-electron chi connectivity index (χ0n) is 12.0. The van der Waals surface area contributed by atoms with E-state index in [9.17, 15) is 5.11 Å². The molecule has 3 rings (SSSR count). The lowest BCUT2D eigenvalue weighted by Gasteiger charge is -2.15. The van der Waals surface area contributed by atoms with Crippen molar-refractivity contribution in [1.29, 1.82) is 0 Å². The molecule has 1 aliphatic carbocycles. The van der Waals surface area contributed by atoms with Crippen LogP contribution < -0.4 is 0 Å². The predicted octanol–water partition coefficient (Wildman–Crippen LogP) is 3.95. The summed E-state index contributed by atoms with van der Waals surface area (Å²) in [4.78, 5) is 4.15. The van der Waals surface area contributed by atoms with Crippen molar-refractivity contribution in [2.75, 3.05) is 0 Å². The lowest BCUT2D eigenvalue weighted by molar-refractivity contribution is 0.132. The zero-order valence-corrected chi connectivity index (χ0v) is 12.0. The molecule has 0 saturated heterocycles. The van der Waals surface area contributed by atoms with Gasteiger partial charge in [0.25, 0.3) is 0 Å². The Morgan fingerprint density at radius 2 is 1.79 bits per heavy atom. The normalized spacial score (nSPS) is 22.4. The van der Waals surface area contributed by atoms with Gasteiger partial charge in [-0.05, 0) is 27.8 Å². The fraction of sp³-hybridized carbons (Fsp3) is 0.471. The number of aliphatic hydroxyl groups is 1. The topological polar surface area (TPSA) is 33.1 Å². The summed E-state index contributed by atoms with van der Waals surface area (Å²) in [6.07, 6.45) is 3.24. The lowest BCUT2D eigenvalue weighted by atomic mass is 9.95. The Bertz CT molecular complexity index is 611. The quantitative estimate of drug-likeness (QED) is 0.881. The minimum absolute atomic E-state index is 0.182. The number of aromatic nitrogens is 1. The maximum absolute atomic E-state index is 10.8. The molecule has 1 atom stereocenters. The highest BCUT2D eigenvalue weighted by Gasteiger charge is 2.67. The van der Waals surface area contributed by atoms with Crippen LogP contribution in [0.25, 0.3) is 10.8 Å². The van der Waals surface area contributed by atoms with Crippen molar-refractivity contribution in [2.45, 2.75) is 33.8 Å². The number of aliphatic hydroxyl groups excluding tert-OH is 1. The van der Waals surface area contributed by atoms with Crippen LogP contribution in [0.15, 0.2) is 36.7 Å². The molecule has 1 aromatic carbocycles. The molecule has 100 valence electrons. The molecule has 1 saturated carbocycles. The molecule has 1 fully saturated rings. The van der Waals surface area contributed by atoms with Crippen molar-refractivity contribution in [3.63, 3.8) is 0 Å². The Morgan fingerprint density at radius 1 is 1.11 bits per heavy atom. The average molecular weight is 255 g/mol. The number of rotatable bonds is 2. The second-order valence-corrected chi connectivity index (χ2v) is 6.81. The van der Waals surface area contributed by atoms with E-state index in [4.69, 9.17) is 0 Å². The summed E-state index contributed by atoms with van der Waals surface area (Å²) in [5, 5.41) is 13.0. The minimum Gasteiger partial charge on any atom is -0.388 e. The third kappa shape index (κ3) is 1.63. The monoisotopic (exact) mass is 255 g/mol. The van der Waals surface area contributed by atoms with Crippen molar-refractivity contribution >= 4 is 10.8 Å². The molecule has 2 aromatic rings. The van der Waals surface area contributed by atoms with E-state index < -0.39 is 6.10 Å². The van der Waals surface area contributed by atoms with E-state index in [1.807, 2.05) is 30.5 Å². The third-order valence-electron chi connectivity index (χ3n) is 5.48. The smallest absolute Gasteiger partial charge is 0.0834 e. The highest BCUT2D eigenvalue weighted by atomic mass is 16.3. The molecule has 1 aromatic heterocycles. The molecule has 1 unspecified atom stereocenters. The summed E-state index contributed by atoms with van der Waals surface area (Å²) < 4.78 is 0. The van der Waals surface area contributed by atoms with Gasteiger partial charge in [0.2, 0.25) is 0 Å². The number of nitrogens with zero attached hydrogens (tertiary/aromatic N) is 1. The van der Waals surface area contributed by atoms with Crippen LogP contribution in [0.2, 0.25) is 0 Å². The Labute approximate surface area is 114 Å². The molecule has 0 bridgehead atoms. The SMILES string of the molecule is CC1(C)C(C(O)c2cccc3cnccc23)C1(C)C. The van der Waals surface area contributed by atoms with Crippen molar-refractivity contribution in [3.8, 4) is 0 Å². The first-order valence-electron chi connectivity index (χ1n) is 6.88. The van der Waals surface area contributed by atoms with Gasteiger partial charge in [-0.15, -0.1) is 0 Å². The van der Waals surface area contributed by atoms with Gasteiger partial charge in [-0.1, -0.05) is 45.9 Å². The molecule has 1 heterocycles. The van der Waals surface area contributed by atoms with E-state index >= 15 is 0 Å². The number of hydrogen-bond acceptors (Lipinski definition) is 2. The minimum atomic E-state index is -0.406. The van der Waals surface area contributed by atoms with E-state index in [0.29, 0.717) is 5.92 Å². The van der Waals surface area contributed by atoms with Gasteiger partial charge in [0, 0.05) is 23.7 Å². The molecule has 2 nitrogen and oxygen atoms in total. The lowest BCUT2D eigenvalue weighted by Crippen LogP contribution is -2.06. The Balaban J connectivity index is 2.07. The van der Waals surface area contributed by atoms with Crippen LogP contribution in [0.3, 0.4) is 0 Å². The standard InChI is InChI=1S/C17H21NO/c1-16(2)15(17(16,3)4)14(19)13-7-5-6-11-10-18-9-8-12(11)13/h5-10,14-15,19H,1-4H3. The highest BCUT2D eigenvalue weighted by Crippen LogP contribution is 2.72. The van der Waals surface area contributed by atoms with E-state index in [2.05, 4.69) is 32.7 Å². The van der Waals surface area contributed by atoms with Gasteiger partial charge in [-0.25, -0.2) is 0 Å². The van der Waals surface area contributed by atoms with Crippen LogP contribution in [0.5, 0.6) is 0 Å². The fourth-order valence-electron chi connectivity index (χ4n) is 3.62. The number of benzene rings is 1. The Kier molecular flexibility index (Phi) is 2.52. The zero-order chi connectivity index (χ0) is 13.8. The van der Waals surface area contributed by atoms with Gasteiger partial charge in [0.05, 0.1) is 6.10 Å². The van der Waals surface area contributed by atoms with Gasteiger partial charge in [-0.2, -0.15) is 0 Å². The summed E-state index contributed by atoms with van der Waals surface area (Å²) in [7, 11) is 0. The average Bonchev–Trinajstić information content (AvgIpc) is 2.78. The van der Waals surface area contributed by atoms with E-state index in [-0.39, 0.29) is 10.8 Å². The molecular weight excluding hydrogens is 234 g/mol. The van der Waals surface area contributed by atoms with Crippen LogP contribution in [0, 0.1) is 16.7 Å². The van der Waals surface area contributed by atoms with Crippen LogP contribution in [0.1, 0.15) is 39.4 Å². The molecule has 2 heteroatoms. The van der Waals surface area contributed by atoms with E-state index in [1.54, 1.807) is 6.20 Å². The summed E-state index contributed by atoms with van der Waals surface area (Å²) in [6.45, 7) is 8.97. The summed E-state index contributed by atoms with van der Waals surface area (Å²) in [5.41, 5.74) is 1.40. The van der Waals surface area contributed by atoms with Crippen molar-refractivity contribution < 1.29 is 5.11 Å². The van der Waals surface area contributed by atoms with Gasteiger partial charge in [-0.3, -0.25) is 4.98 Å². The first-order valence-corrected chi connectivity index (χ1v) is 6.88. The largest absolute Gasteiger partial charge is 0.388 e. The maximum atomic E-state index is 10.8. The van der Waals surface area contributed by atoms with Crippen LogP contribution in [0.4, 0.5) is 0 Å². The number of hydrogen-bond donors (Lipinski definition) is 1. The number of pyridine rings is 1. The predicted molar refractivity (Wildman–Crippen MR) is 77.8 cm³/mol. The molecular formula is C17H21NO. The molecule has 0 radical (unpaired) electrons. The second-order valence-electron chi connectivity index (χ2n) is 6.81. The van der Waals surface area contributed by atoms with Crippen LogP contribution >= 0.6 is 0 Å². The Hall–Kier alpha value is -1.41. The van der Waals surface area contributed by atoms with Gasteiger partial charge >= 0.3 is 0 Å². The molecule has 1 aliphatic rings. The fourth-order valence-corrected chi connectivity index (χ4v) is 3.62. The summed E-state index contributed by atoms with van der Waals surface area (Å²) in [5.74, 6) is 0.304. The first kappa shape index (κ1) is 12.6. The summed E-state index contributed by atoms with van der Waals surface area (Å²) >= 11 is 0. The highest BCUT2D eigenvalue weighted by molar-refractivity contribution is 5.85. The second kappa shape index (κ2) is 3.80. The summed E-state index contributed by atoms with van der Waals surface area (Å²) in [6, 6.07) is 8.08. The van der Waals surface area contributed by atoms with Crippen LogP contribution in [-0.4, -0.2) is 10.1 Å². The van der Waals surface area contributed by atoms with Crippen LogP contribution in [-0.2, 0) is 0 Å². The Morgan fingerprint density at radius 3 is 2.42 bits per heavy atom. The number of fused-ring (bicyclic) bond motifs is 1. The molecule has 0 amide bonds. The molecule has 0 spiro atoms. The molecule has 19 heavy (non-hydrogen) atoms. The van der Waals surface area contributed by atoms with Crippen molar-refractivity contribution in [1.82, 2.24) is 4.98 Å². The van der Waals surface area contributed by atoms with Crippen molar-refractivity contribution in [2.24, 2.45) is 16.7 Å². The van der Waals surface area contributed by atoms with E-state index in [1.165, 1.54) is 0 Å². The van der Waals surface area contributed by atoms with Gasteiger partial charge in [0.15, 0.2) is 0 Å². The van der Waals surface area contributed by atoms with E-state index in [0.717, 1.165) is 16.3 Å². The third-order valence-corrected chi connectivity index (χ3v) is 5.48. The molecule has 0 aliphatic heterocycles. The molecule has 1 N–H and O–H groups in total. The maximum Gasteiger partial charge on any atom is 0.0834 e. The van der Waals surface area contributed by atoms with Gasteiger partial charge in [0.1, 0.15) is 0 Å².